The van der Waals surface area contributed by atoms with E-state index in [0.717, 1.165) is 31.5 Å². The van der Waals surface area contributed by atoms with Gasteiger partial charge in [-0.1, -0.05) is 20.3 Å². The number of nitrogens with zero attached hydrogens (tertiary/aromatic N) is 2. The highest BCUT2D eigenvalue weighted by Crippen LogP contribution is 2.29. The molecule has 1 heterocycles. The number of aryl methyl sites for hydroxylation is 2. The smallest absolute Gasteiger partial charge is 0.0624 e. The highest BCUT2D eigenvalue weighted by Gasteiger charge is 2.27. The van der Waals surface area contributed by atoms with Gasteiger partial charge < -0.3 is 5.32 Å². The molecule has 2 atom stereocenters. The molecule has 1 aliphatic rings. The summed E-state index contributed by atoms with van der Waals surface area (Å²) in [4.78, 5) is 0. The van der Waals surface area contributed by atoms with Gasteiger partial charge >= 0.3 is 0 Å². The molecule has 0 aliphatic heterocycles. The van der Waals surface area contributed by atoms with Crippen LogP contribution in [0.15, 0.2) is 6.07 Å². The minimum absolute atomic E-state index is 0.722. The van der Waals surface area contributed by atoms with Crippen molar-refractivity contribution in [3.8, 4) is 0 Å². The maximum atomic E-state index is 4.66. The molecule has 0 radical (unpaired) electrons. The van der Waals surface area contributed by atoms with Crippen LogP contribution >= 0.6 is 0 Å². The Labute approximate surface area is 111 Å². The van der Waals surface area contributed by atoms with Crippen LogP contribution in [-0.4, -0.2) is 22.4 Å². The second kappa shape index (κ2) is 6.37. The SMILES string of the molecule is CCNC1CCCC1Cc1cc(CC)nn1CC. The number of aromatic nitrogens is 2. The Kier molecular flexibility index (Phi) is 4.81. The topological polar surface area (TPSA) is 29.9 Å². The maximum Gasteiger partial charge on any atom is 0.0624 e. The quantitative estimate of drug-likeness (QED) is 0.840. The molecule has 1 saturated carbocycles. The number of hydrogen-bond donors (Lipinski definition) is 1. The standard InChI is InChI=1S/C15H27N3/c1-4-13-11-14(18(6-3)17-13)10-12-8-7-9-15(12)16-5-2/h11-12,15-16H,4-10H2,1-3H3. The Morgan fingerprint density at radius 1 is 1.33 bits per heavy atom. The van der Waals surface area contributed by atoms with E-state index < -0.39 is 0 Å². The van der Waals surface area contributed by atoms with E-state index in [1.54, 1.807) is 0 Å². The molecule has 1 N–H and O–H groups in total. The fourth-order valence-corrected chi connectivity index (χ4v) is 3.21. The van der Waals surface area contributed by atoms with Crippen LogP contribution in [0.2, 0.25) is 0 Å². The fraction of sp³-hybridized carbons (Fsp3) is 0.800. The lowest BCUT2D eigenvalue weighted by atomic mass is 9.97. The van der Waals surface area contributed by atoms with Crippen molar-refractivity contribution in [3.63, 3.8) is 0 Å². The second-order valence-corrected chi connectivity index (χ2v) is 5.36. The van der Waals surface area contributed by atoms with Gasteiger partial charge in [-0.3, -0.25) is 4.68 Å². The summed E-state index contributed by atoms with van der Waals surface area (Å²) < 4.78 is 2.19. The highest BCUT2D eigenvalue weighted by atomic mass is 15.3. The van der Waals surface area contributed by atoms with Crippen molar-refractivity contribution >= 4 is 0 Å². The molecular formula is C15H27N3. The van der Waals surface area contributed by atoms with Crippen molar-refractivity contribution in [1.82, 2.24) is 15.1 Å². The molecule has 3 heteroatoms. The van der Waals surface area contributed by atoms with Crippen molar-refractivity contribution < 1.29 is 0 Å². The summed E-state index contributed by atoms with van der Waals surface area (Å²) in [6.07, 6.45) is 6.33. The lowest BCUT2D eigenvalue weighted by molar-refractivity contribution is 0.395. The van der Waals surface area contributed by atoms with Crippen LogP contribution in [-0.2, 0) is 19.4 Å². The third-order valence-electron chi connectivity index (χ3n) is 4.17. The molecular weight excluding hydrogens is 222 g/mol. The zero-order valence-corrected chi connectivity index (χ0v) is 12.1. The summed E-state index contributed by atoms with van der Waals surface area (Å²) in [5, 5.41) is 8.30. The molecule has 1 aromatic rings. The fourth-order valence-electron chi connectivity index (χ4n) is 3.21. The number of rotatable bonds is 6. The Balaban J connectivity index is 2.05. The van der Waals surface area contributed by atoms with E-state index >= 15 is 0 Å². The van der Waals surface area contributed by atoms with Crippen molar-refractivity contribution in [1.29, 1.82) is 0 Å². The molecule has 1 aliphatic carbocycles. The van der Waals surface area contributed by atoms with Crippen molar-refractivity contribution in [2.75, 3.05) is 6.54 Å². The van der Waals surface area contributed by atoms with Crippen molar-refractivity contribution in [3.05, 3.63) is 17.5 Å². The van der Waals surface area contributed by atoms with Crippen LogP contribution in [0.3, 0.4) is 0 Å². The van der Waals surface area contributed by atoms with Gasteiger partial charge in [0, 0.05) is 18.3 Å². The molecule has 2 rings (SSSR count). The third kappa shape index (κ3) is 2.94. The number of nitrogens with one attached hydrogen (secondary N) is 1. The normalized spacial score (nSPS) is 23.7. The van der Waals surface area contributed by atoms with E-state index in [2.05, 4.69) is 41.9 Å². The number of hydrogen-bond acceptors (Lipinski definition) is 2. The van der Waals surface area contributed by atoms with Crippen LogP contribution in [0.1, 0.15) is 51.4 Å². The van der Waals surface area contributed by atoms with Gasteiger partial charge in [0.2, 0.25) is 0 Å². The van der Waals surface area contributed by atoms with Gasteiger partial charge in [0.1, 0.15) is 0 Å². The first kappa shape index (κ1) is 13.6. The molecule has 0 aromatic carbocycles. The zero-order valence-electron chi connectivity index (χ0n) is 12.1. The van der Waals surface area contributed by atoms with Gasteiger partial charge in [0.15, 0.2) is 0 Å². The Bertz CT molecular complexity index is 370. The van der Waals surface area contributed by atoms with E-state index in [0.29, 0.717) is 0 Å². The second-order valence-electron chi connectivity index (χ2n) is 5.36. The van der Waals surface area contributed by atoms with Crippen molar-refractivity contribution in [2.45, 2.75) is 65.5 Å². The van der Waals surface area contributed by atoms with Gasteiger partial charge in [-0.05, 0) is 51.1 Å². The molecule has 2 unspecified atom stereocenters. The molecule has 1 fully saturated rings. The van der Waals surface area contributed by atoms with Crippen LogP contribution < -0.4 is 5.32 Å². The van der Waals surface area contributed by atoms with E-state index in [1.807, 2.05) is 0 Å². The monoisotopic (exact) mass is 249 g/mol. The van der Waals surface area contributed by atoms with Gasteiger partial charge in [0.05, 0.1) is 5.69 Å². The minimum Gasteiger partial charge on any atom is -0.314 e. The Morgan fingerprint density at radius 2 is 2.17 bits per heavy atom. The van der Waals surface area contributed by atoms with E-state index in [-0.39, 0.29) is 0 Å². The molecule has 1 aromatic heterocycles. The molecule has 18 heavy (non-hydrogen) atoms. The van der Waals surface area contributed by atoms with E-state index in [4.69, 9.17) is 0 Å². The van der Waals surface area contributed by atoms with E-state index in [1.165, 1.54) is 37.1 Å². The molecule has 0 bridgehead atoms. The van der Waals surface area contributed by atoms with Crippen LogP contribution in [0.5, 0.6) is 0 Å². The molecule has 0 amide bonds. The van der Waals surface area contributed by atoms with Gasteiger partial charge in [-0.15, -0.1) is 0 Å². The zero-order chi connectivity index (χ0) is 13.0. The molecule has 0 saturated heterocycles. The van der Waals surface area contributed by atoms with E-state index in [9.17, 15) is 0 Å². The largest absolute Gasteiger partial charge is 0.314 e. The highest BCUT2D eigenvalue weighted by molar-refractivity contribution is 5.12. The summed E-state index contributed by atoms with van der Waals surface area (Å²) in [5.74, 6) is 0.802. The summed E-state index contributed by atoms with van der Waals surface area (Å²) in [5.41, 5.74) is 2.68. The van der Waals surface area contributed by atoms with Gasteiger partial charge in [-0.2, -0.15) is 5.10 Å². The van der Waals surface area contributed by atoms with Gasteiger partial charge in [0.25, 0.3) is 0 Å². The third-order valence-corrected chi connectivity index (χ3v) is 4.17. The first-order chi connectivity index (χ1) is 8.78. The predicted molar refractivity (Wildman–Crippen MR) is 75.8 cm³/mol. The van der Waals surface area contributed by atoms with Crippen LogP contribution in [0, 0.1) is 5.92 Å². The average Bonchev–Trinajstić information content (AvgIpc) is 2.97. The lowest BCUT2D eigenvalue weighted by Crippen LogP contribution is -2.33. The molecule has 102 valence electrons. The Hall–Kier alpha value is -0.830. The average molecular weight is 249 g/mol. The van der Waals surface area contributed by atoms with Crippen LogP contribution in [0.25, 0.3) is 0 Å². The molecule has 3 nitrogen and oxygen atoms in total. The summed E-state index contributed by atoms with van der Waals surface area (Å²) in [6.45, 7) is 8.67. The summed E-state index contributed by atoms with van der Waals surface area (Å²) in [7, 11) is 0. The maximum absolute atomic E-state index is 4.66. The summed E-state index contributed by atoms with van der Waals surface area (Å²) in [6, 6.07) is 3.03. The first-order valence-electron chi connectivity index (χ1n) is 7.57. The predicted octanol–water partition coefficient (Wildman–Crippen LogP) is 2.79. The lowest BCUT2D eigenvalue weighted by Gasteiger charge is -2.20. The van der Waals surface area contributed by atoms with Crippen LogP contribution in [0.4, 0.5) is 0 Å². The Morgan fingerprint density at radius 3 is 2.83 bits per heavy atom. The summed E-state index contributed by atoms with van der Waals surface area (Å²) >= 11 is 0. The van der Waals surface area contributed by atoms with Crippen molar-refractivity contribution in [2.24, 2.45) is 5.92 Å². The minimum atomic E-state index is 0.722. The molecule has 0 spiro atoms. The first-order valence-corrected chi connectivity index (χ1v) is 7.57. The van der Waals surface area contributed by atoms with Gasteiger partial charge in [-0.25, -0.2) is 0 Å².